The van der Waals surface area contributed by atoms with Gasteiger partial charge in [-0.2, -0.15) is 0 Å². The lowest BCUT2D eigenvalue weighted by atomic mass is 10.1. The lowest BCUT2D eigenvalue weighted by Crippen LogP contribution is -2.13. The van der Waals surface area contributed by atoms with Crippen molar-refractivity contribution in [2.45, 2.75) is 17.9 Å². The van der Waals surface area contributed by atoms with Gasteiger partial charge < -0.3 is 10.5 Å². The molecule has 0 aliphatic carbocycles. The Labute approximate surface area is 124 Å². The number of nitrogens with two attached hydrogens (primary N) is 1. The van der Waals surface area contributed by atoms with Gasteiger partial charge in [0, 0.05) is 12.1 Å². The number of anilines is 1. The zero-order valence-corrected chi connectivity index (χ0v) is 12.6. The van der Waals surface area contributed by atoms with Crippen LogP contribution < -0.4 is 15.2 Å². The first-order valence-corrected chi connectivity index (χ1v) is 7.79. The van der Waals surface area contributed by atoms with Crippen molar-refractivity contribution in [3.8, 4) is 5.88 Å². The number of rotatable bonds is 5. The molecule has 21 heavy (non-hydrogen) atoms. The maximum Gasteiger partial charge on any atom is 0.261 e. The van der Waals surface area contributed by atoms with Crippen molar-refractivity contribution >= 4 is 15.7 Å². The van der Waals surface area contributed by atoms with Gasteiger partial charge in [-0.25, -0.2) is 13.4 Å². The predicted octanol–water partition coefficient (Wildman–Crippen LogP) is 1.91. The van der Waals surface area contributed by atoms with Gasteiger partial charge in [0.1, 0.15) is 0 Å². The molecule has 3 N–H and O–H groups in total. The van der Waals surface area contributed by atoms with E-state index in [9.17, 15) is 8.42 Å². The average molecular weight is 307 g/mol. The highest BCUT2D eigenvalue weighted by Crippen LogP contribution is 2.19. The first kappa shape index (κ1) is 15.3. The van der Waals surface area contributed by atoms with Gasteiger partial charge in [-0.1, -0.05) is 12.1 Å². The van der Waals surface area contributed by atoms with Crippen molar-refractivity contribution < 1.29 is 13.2 Å². The van der Waals surface area contributed by atoms with E-state index in [0.29, 0.717) is 11.6 Å². The van der Waals surface area contributed by atoms with E-state index in [1.54, 1.807) is 24.3 Å². The van der Waals surface area contributed by atoms with E-state index in [0.717, 1.165) is 5.56 Å². The monoisotopic (exact) mass is 307 g/mol. The predicted molar refractivity (Wildman–Crippen MR) is 80.6 cm³/mol. The molecule has 0 aliphatic heterocycles. The van der Waals surface area contributed by atoms with Crippen molar-refractivity contribution in [2.24, 2.45) is 5.73 Å². The Morgan fingerprint density at radius 3 is 2.33 bits per heavy atom. The highest BCUT2D eigenvalue weighted by molar-refractivity contribution is 7.92. The minimum atomic E-state index is -3.65. The zero-order chi connectivity index (χ0) is 15.5. The van der Waals surface area contributed by atoms with E-state index in [2.05, 4.69) is 9.71 Å². The second-order valence-electron chi connectivity index (χ2n) is 4.55. The molecule has 0 fully saturated rings. The highest BCUT2D eigenvalue weighted by Gasteiger charge is 2.14. The van der Waals surface area contributed by atoms with E-state index >= 15 is 0 Å². The SMILES string of the molecule is COc1ccc(NS(=O)(=O)c2ccc(C(C)N)cc2)cn1. The fourth-order valence-corrected chi connectivity index (χ4v) is 2.77. The van der Waals surface area contributed by atoms with Crippen LogP contribution in [0, 0.1) is 0 Å². The average Bonchev–Trinajstić information content (AvgIpc) is 2.48. The third-order valence-corrected chi connectivity index (χ3v) is 4.31. The standard InChI is InChI=1S/C14H17N3O3S/c1-10(15)11-3-6-13(7-4-11)21(18,19)17-12-5-8-14(20-2)16-9-12/h3-10,17H,15H2,1-2H3. The molecular weight excluding hydrogens is 290 g/mol. The van der Waals surface area contributed by atoms with Gasteiger partial charge in [0.15, 0.2) is 0 Å². The summed E-state index contributed by atoms with van der Waals surface area (Å²) in [6, 6.07) is 9.48. The molecule has 0 saturated heterocycles. The molecule has 0 bridgehead atoms. The number of ether oxygens (including phenoxy) is 1. The fourth-order valence-electron chi connectivity index (χ4n) is 1.73. The molecule has 0 saturated carbocycles. The number of nitrogens with one attached hydrogen (secondary N) is 1. The Hall–Kier alpha value is -2.12. The molecule has 2 aromatic rings. The van der Waals surface area contributed by atoms with Crippen LogP contribution in [-0.2, 0) is 10.0 Å². The molecule has 0 amide bonds. The van der Waals surface area contributed by atoms with Crippen LogP contribution in [0.2, 0.25) is 0 Å². The van der Waals surface area contributed by atoms with Crippen LogP contribution in [0.1, 0.15) is 18.5 Å². The summed E-state index contributed by atoms with van der Waals surface area (Å²) in [7, 11) is -2.15. The quantitative estimate of drug-likeness (QED) is 0.880. The van der Waals surface area contributed by atoms with Crippen LogP contribution in [0.25, 0.3) is 0 Å². The molecule has 1 aromatic carbocycles. The number of aromatic nitrogens is 1. The Balaban J connectivity index is 2.20. The van der Waals surface area contributed by atoms with Crippen molar-refractivity contribution in [3.05, 3.63) is 48.2 Å². The first-order valence-electron chi connectivity index (χ1n) is 6.31. The van der Waals surface area contributed by atoms with Crippen molar-refractivity contribution in [1.82, 2.24) is 4.98 Å². The second kappa shape index (κ2) is 6.11. The third kappa shape index (κ3) is 3.71. The van der Waals surface area contributed by atoms with Gasteiger partial charge >= 0.3 is 0 Å². The first-order chi connectivity index (χ1) is 9.92. The molecule has 112 valence electrons. The summed E-state index contributed by atoms with van der Waals surface area (Å²) in [6.45, 7) is 1.84. The molecular formula is C14H17N3O3S. The van der Waals surface area contributed by atoms with Gasteiger partial charge in [0.05, 0.1) is 23.9 Å². The summed E-state index contributed by atoms with van der Waals surface area (Å²) >= 11 is 0. The van der Waals surface area contributed by atoms with Gasteiger partial charge in [-0.05, 0) is 30.7 Å². The lowest BCUT2D eigenvalue weighted by molar-refractivity contribution is 0.398. The van der Waals surface area contributed by atoms with Gasteiger partial charge in [-0.15, -0.1) is 0 Å². The van der Waals surface area contributed by atoms with E-state index in [-0.39, 0.29) is 10.9 Å². The molecule has 1 unspecified atom stereocenters. The molecule has 2 rings (SSSR count). The van der Waals surface area contributed by atoms with Gasteiger partial charge in [0.2, 0.25) is 5.88 Å². The molecule has 1 heterocycles. The normalized spacial score (nSPS) is 12.7. The van der Waals surface area contributed by atoms with Crippen LogP contribution in [0.15, 0.2) is 47.5 Å². The number of methoxy groups -OCH3 is 1. The molecule has 6 nitrogen and oxygen atoms in total. The van der Waals surface area contributed by atoms with Crippen LogP contribution in [0.5, 0.6) is 5.88 Å². The van der Waals surface area contributed by atoms with E-state index in [1.807, 2.05) is 6.92 Å². The van der Waals surface area contributed by atoms with Crippen molar-refractivity contribution in [3.63, 3.8) is 0 Å². The molecule has 1 atom stereocenters. The largest absolute Gasteiger partial charge is 0.481 e. The molecule has 7 heteroatoms. The summed E-state index contributed by atoms with van der Waals surface area (Å²) in [5.41, 5.74) is 6.98. The number of hydrogen-bond donors (Lipinski definition) is 2. The van der Waals surface area contributed by atoms with E-state index in [4.69, 9.17) is 10.5 Å². The summed E-state index contributed by atoms with van der Waals surface area (Å²) < 4.78 is 31.8. The van der Waals surface area contributed by atoms with Crippen molar-refractivity contribution in [2.75, 3.05) is 11.8 Å². The maximum atomic E-state index is 12.2. The minimum absolute atomic E-state index is 0.138. The summed E-state index contributed by atoms with van der Waals surface area (Å²) in [5, 5.41) is 0. The van der Waals surface area contributed by atoms with E-state index in [1.165, 1.54) is 25.4 Å². The minimum Gasteiger partial charge on any atom is -0.481 e. The third-order valence-electron chi connectivity index (χ3n) is 2.91. The molecule has 0 aliphatic rings. The lowest BCUT2D eigenvalue weighted by Gasteiger charge is -2.10. The molecule has 0 radical (unpaired) electrons. The van der Waals surface area contributed by atoms with Crippen molar-refractivity contribution in [1.29, 1.82) is 0 Å². The van der Waals surface area contributed by atoms with Gasteiger partial charge in [-0.3, -0.25) is 4.72 Å². The summed E-state index contributed by atoms with van der Waals surface area (Å²) in [5.74, 6) is 0.416. The van der Waals surface area contributed by atoms with E-state index < -0.39 is 10.0 Å². The maximum absolute atomic E-state index is 12.2. The fraction of sp³-hybridized carbons (Fsp3) is 0.214. The molecule has 0 spiro atoms. The number of sulfonamides is 1. The number of benzene rings is 1. The second-order valence-corrected chi connectivity index (χ2v) is 6.23. The Bertz CT molecular complexity index is 695. The Kier molecular flexibility index (Phi) is 4.44. The highest BCUT2D eigenvalue weighted by atomic mass is 32.2. The van der Waals surface area contributed by atoms with Gasteiger partial charge in [0.25, 0.3) is 10.0 Å². The Morgan fingerprint density at radius 2 is 1.86 bits per heavy atom. The smallest absolute Gasteiger partial charge is 0.261 e. The van der Waals surface area contributed by atoms with Crippen LogP contribution in [0.4, 0.5) is 5.69 Å². The summed E-state index contributed by atoms with van der Waals surface area (Å²) in [6.07, 6.45) is 1.40. The zero-order valence-electron chi connectivity index (χ0n) is 11.8. The summed E-state index contributed by atoms with van der Waals surface area (Å²) in [4.78, 5) is 4.12. The number of pyridine rings is 1. The number of hydrogen-bond acceptors (Lipinski definition) is 5. The van der Waals surface area contributed by atoms with Crippen LogP contribution >= 0.6 is 0 Å². The molecule has 1 aromatic heterocycles. The number of nitrogens with zero attached hydrogens (tertiary/aromatic N) is 1. The van der Waals surface area contributed by atoms with Crippen LogP contribution in [0.3, 0.4) is 0 Å². The Morgan fingerprint density at radius 1 is 1.19 bits per heavy atom. The topological polar surface area (TPSA) is 94.3 Å². The van der Waals surface area contributed by atoms with Crippen LogP contribution in [-0.4, -0.2) is 20.5 Å².